The lowest BCUT2D eigenvalue weighted by Gasteiger charge is -2.33. The lowest BCUT2D eigenvalue weighted by Crippen LogP contribution is -2.57. The summed E-state index contributed by atoms with van der Waals surface area (Å²) in [6.45, 7) is 2.01. The fraction of sp³-hybridized carbons (Fsp3) is 0.412. The molecule has 0 atom stereocenters. The molecule has 0 spiro atoms. The summed E-state index contributed by atoms with van der Waals surface area (Å²) in [5.74, 6) is 0.303. The molecule has 3 rings (SSSR count). The zero-order valence-electron chi connectivity index (χ0n) is 14.3. The molecule has 1 amide bonds. The quantitative estimate of drug-likeness (QED) is 0.727. The van der Waals surface area contributed by atoms with Gasteiger partial charge >= 0.3 is 5.97 Å². The first kappa shape index (κ1) is 18.8. The van der Waals surface area contributed by atoms with Gasteiger partial charge in [0, 0.05) is 5.69 Å². The molecule has 2 N–H and O–H groups in total. The number of carbonyl (C=O) groups excluding carboxylic acids is 1. The first-order valence-electron chi connectivity index (χ1n) is 8.22. The maximum atomic E-state index is 12.3. The van der Waals surface area contributed by atoms with Crippen molar-refractivity contribution in [1.82, 2.24) is 20.1 Å². The second-order valence-electron chi connectivity index (χ2n) is 6.16. The van der Waals surface area contributed by atoms with Crippen LogP contribution >= 0.6 is 23.5 Å². The molecule has 1 fully saturated rings. The minimum atomic E-state index is -1.15. The number of thioether (sulfide) groups is 2. The number of hydrogen-bond acceptors (Lipinski definition) is 6. The van der Waals surface area contributed by atoms with Gasteiger partial charge in [-0.3, -0.25) is 9.36 Å². The van der Waals surface area contributed by atoms with Gasteiger partial charge in [0.05, 0.1) is 5.75 Å². The number of rotatable bonds is 6. The SMILES string of the molecule is Cc1ccc(-n2cnnc2SCC(=O)NC2(C(=O)O)CCSCC2)cc1. The average Bonchev–Trinajstić information content (AvgIpc) is 3.10. The van der Waals surface area contributed by atoms with Gasteiger partial charge in [0.25, 0.3) is 0 Å². The van der Waals surface area contributed by atoms with E-state index in [9.17, 15) is 14.7 Å². The van der Waals surface area contributed by atoms with E-state index in [0.29, 0.717) is 18.0 Å². The molecule has 26 heavy (non-hydrogen) atoms. The lowest BCUT2D eigenvalue weighted by molar-refractivity contribution is -0.147. The number of carboxylic acid groups (broad SMARTS) is 1. The molecule has 0 saturated carbocycles. The van der Waals surface area contributed by atoms with Crippen LogP contribution < -0.4 is 5.32 Å². The van der Waals surface area contributed by atoms with Crippen molar-refractivity contribution in [1.29, 1.82) is 0 Å². The third kappa shape index (κ3) is 4.21. The maximum Gasteiger partial charge on any atom is 0.329 e. The van der Waals surface area contributed by atoms with Crippen molar-refractivity contribution >= 4 is 35.4 Å². The number of nitrogens with zero attached hydrogens (tertiary/aromatic N) is 3. The second-order valence-corrected chi connectivity index (χ2v) is 8.32. The van der Waals surface area contributed by atoms with Crippen LogP contribution in [0.2, 0.25) is 0 Å². The van der Waals surface area contributed by atoms with E-state index in [1.54, 1.807) is 18.1 Å². The van der Waals surface area contributed by atoms with Crippen molar-refractivity contribution in [2.24, 2.45) is 0 Å². The number of aliphatic carboxylic acids is 1. The van der Waals surface area contributed by atoms with Crippen molar-refractivity contribution in [3.63, 3.8) is 0 Å². The summed E-state index contributed by atoms with van der Waals surface area (Å²) in [6, 6.07) is 7.91. The van der Waals surface area contributed by atoms with Gasteiger partial charge in [0.2, 0.25) is 5.91 Å². The molecule has 1 aromatic carbocycles. The fourth-order valence-corrected chi connectivity index (χ4v) is 4.67. The predicted octanol–water partition coefficient (Wildman–Crippen LogP) is 2.13. The summed E-state index contributed by atoms with van der Waals surface area (Å²) < 4.78 is 1.81. The van der Waals surface area contributed by atoms with Crippen LogP contribution in [0.25, 0.3) is 5.69 Å². The molecule has 7 nitrogen and oxygen atoms in total. The molecule has 1 saturated heterocycles. The van der Waals surface area contributed by atoms with E-state index >= 15 is 0 Å². The van der Waals surface area contributed by atoms with Crippen molar-refractivity contribution in [3.05, 3.63) is 36.2 Å². The highest BCUT2D eigenvalue weighted by atomic mass is 32.2. The Morgan fingerprint density at radius 1 is 1.31 bits per heavy atom. The standard InChI is InChI=1S/C17H20N4O3S2/c1-12-2-4-13(5-3-12)21-11-18-20-16(21)26-10-14(22)19-17(15(23)24)6-8-25-9-7-17/h2-5,11H,6-10H2,1H3,(H,19,22)(H,23,24). The Bertz CT molecular complexity index is 786. The third-order valence-corrected chi connectivity index (χ3v) is 6.22. The largest absolute Gasteiger partial charge is 0.480 e. The Balaban J connectivity index is 1.64. The summed E-state index contributed by atoms with van der Waals surface area (Å²) >= 11 is 2.95. The van der Waals surface area contributed by atoms with Crippen LogP contribution in [0.5, 0.6) is 0 Å². The van der Waals surface area contributed by atoms with E-state index in [0.717, 1.165) is 22.8 Å². The van der Waals surface area contributed by atoms with E-state index in [4.69, 9.17) is 0 Å². The Morgan fingerprint density at radius 2 is 2.00 bits per heavy atom. The molecule has 1 aliphatic rings. The maximum absolute atomic E-state index is 12.3. The van der Waals surface area contributed by atoms with Gasteiger partial charge in [-0.2, -0.15) is 11.8 Å². The zero-order chi connectivity index (χ0) is 18.6. The highest BCUT2D eigenvalue weighted by Gasteiger charge is 2.41. The highest BCUT2D eigenvalue weighted by molar-refractivity contribution is 7.99. The number of aromatic nitrogens is 3. The van der Waals surface area contributed by atoms with E-state index in [2.05, 4.69) is 15.5 Å². The molecular weight excluding hydrogens is 372 g/mol. The van der Waals surface area contributed by atoms with Crippen molar-refractivity contribution < 1.29 is 14.7 Å². The van der Waals surface area contributed by atoms with Gasteiger partial charge in [-0.1, -0.05) is 29.5 Å². The summed E-state index contributed by atoms with van der Waals surface area (Å²) in [6.07, 6.45) is 2.49. The number of aryl methyl sites for hydroxylation is 1. The minimum absolute atomic E-state index is 0.0900. The Kier molecular flexibility index (Phi) is 5.87. The van der Waals surface area contributed by atoms with Crippen LogP contribution in [0.4, 0.5) is 0 Å². The minimum Gasteiger partial charge on any atom is -0.480 e. The predicted molar refractivity (Wildman–Crippen MR) is 102 cm³/mol. The Hall–Kier alpha value is -2.00. The van der Waals surface area contributed by atoms with Crippen molar-refractivity contribution in [2.75, 3.05) is 17.3 Å². The Morgan fingerprint density at radius 3 is 2.65 bits per heavy atom. The van der Waals surface area contributed by atoms with Crippen LogP contribution in [0.3, 0.4) is 0 Å². The van der Waals surface area contributed by atoms with Crippen LogP contribution in [-0.2, 0) is 9.59 Å². The number of nitrogens with one attached hydrogen (secondary N) is 1. The van der Waals surface area contributed by atoms with E-state index in [1.165, 1.54) is 11.8 Å². The Labute approximate surface area is 160 Å². The smallest absolute Gasteiger partial charge is 0.329 e. The number of carbonyl (C=O) groups is 2. The number of carboxylic acids is 1. The first-order valence-corrected chi connectivity index (χ1v) is 10.4. The normalized spacial score (nSPS) is 16.2. The number of hydrogen-bond donors (Lipinski definition) is 2. The number of amides is 1. The van der Waals surface area contributed by atoms with Crippen LogP contribution in [-0.4, -0.2) is 54.5 Å². The summed E-state index contributed by atoms with van der Waals surface area (Å²) in [5.41, 5.74) is 0.919. The number of benzene rings is 1. The molecule has 138 valence electrons. The molecule has 2 heterocycles. The topological polar surface area (TPSA) is 97.1 Å². The average molecular weight is 393 g/mol. The van der Waals surface area contributed by atoms with E-state index in [1.807, 2.05) is 35.8 Å². The summed E-state index contributed by atoms with van der Waals surface area (Å²) in [7, 11) is 0. The van der Waals surface area contributed by atoms with Gasteiger partial charge in [-0.05, 0) is 43.4 Å². The monoisotopic (exact) mass is 392 g/mol. The molecule has 0 bridgehead atoms. The molecule has 2 aromatic rings. The summed E-state index contributed by atoms with van der Waals surface area (Å²) in [4.78, 5) is 24.0. The van der Waals surface area contributed by atoms with Gasteiger partial charge < -0.3 is 10.4 Å². The van der Waals surface area contributed by atoms with E-state index in [-0.39, 0.29) is 11.7 Å². The fourth-order valence-electron chi connectivity index (χ4n) is 2.75. The molecule has 1 aliphatic heterocycles. The first-order chi connectivity index (χ1) is 12.5. The van der Waals surface area contributed by atoms with Gasteiger partial charge in [-0.15, -0.1) is 10.2 Å². The molecule has 0 unspecified atom stereocenters. The van der Waals surface area contributed by atoms with Gasteiger partial charge in [0.15, 0.2) is 5.16 Å². The highest BCUT2D eigenvalue weighted by Crippen LogP contribution is 2.28. The van der Waals surface area contributed by atoms with Crippen LogP contribution in [0.1, 0.15) is 18.4 Å². The van der Waals surface area contributed by atoms with Gasteiger partial charge in [0.1, 0.15) is 11.9 Å². The van der Waals surface area contributed by atoms with Crippen LogP contribution in [0, 0.1) is 6.92 Å². The van der Waals surface area contributed by atoms with Crippen molar-refractivity contribution in [2.45, 2.75) is 30.5 Å². The molecule has 0 aliphatic carbocycles. The van der Waals surface area contributed by atoms with Crippen LogP contribution in [0.15, 0.2) is 35.7 Å². The zero-order valence-corrected chi connectivity index (χ0v) is 16.0. The second kappa shape index (κ2) is 8.13. The molecule has 0 radical (unpaired) electrons. The van der Waals surface area contributed by atoms with Gasteiger partial charge in [-0.25, -0.2) is 4.79 Å². The molecular formula is C17H20N4O3S2. The van der Waals surface area contributed by atoms with E-state index < -0.39 is 11.5 Å². The summed E-state index contributed by atoms with van der Waals surface area (Å²) in [5, 5.41) is 20.9. The third-order valence-electron chi connectivity index (χ3n) is 4.30. The van der Waals surface area contributed by atoms with Crippen molar-refractivity contribution in [3.8, 4) is 5.69 Å². The lowest BCUT2D eigenvalue weighted by atomic mass is 9.92. The molecule has 1 aromatic heterocycles. The molecule has 9 heteroatoms.